The van der Waals surface area contributed by atoms with Gasteiger partial charge in [-0.3, -0.25) is 0 Å². The molecule has 0 aliphatic heterocycles. The third-order valence-corrected chi connectivity index (χ3v) is 7.12. The molecule has 0 spiro atoms. The molecule has 4 atom stereocenters. The molecule has 28 heavy (non-hydrogen) atoms. The van der Waals surface area contributed by atoms with Crippen molar-refractivity contribution in [1.29, 1.82) is 0 Å². The molecular weight excluding hydrogens is 357 g/mol. The summed E-state index contributed by atoms with van der Waals surface area (Å²) >= 11 is 0. The topological polar surface area (TPSA) is 0 Å². The van der Waals surface area contributed by atoms with Crippen LogP contribution < -0.4 is 0 Å². The Balaban J connectivity index is 1.44. The van der Waals surface area contributed by atoms with E-state index in [1.165, 1.54) is 56.9 Å². The standard InChI is InChI=1S/C25H29F3/c1-2-3-16-4-5-21-13-20(11-10-19(21)12-16)17-6-8-18(9-7-17)22-14-23(26)25(28)24(27)15-22/h6-9,14-16,19-21H,2-5,10-13H2,1H3/t16-,19-,20+,21+/m0/s1. The SMILES string of the molecule is CCC[C@H]1CC[C@@H]2C[C@H](c3ccc(-c4cc(F)c(F)c(F)c4)cc3)CC[C@H]2C1. The molecule has 2 fully saturated rings. The van der Waals surface area contributed by atoms with Crippen LogP contribution in [-0.2, 0) is 0 Å². The molecule has 0 heterocycles. The van der Waals surface area contributed by atoms with E-state index in [0.29, 0.717) is 11.5 Å². The lowest BCUT2D eigenvalue weighted by Crippen LogP contribution is -2.30. The van der Waals surface area contributed by atoms with E-state index in [1.54, 1.807) is 0 Å². The Morgan fingerprint density at radius 2 is 1.43 bits per heavy atom. The third kappa shape index (κ3) is 3.99. The molecule has 0 nitrogen and oxygen atoms in total. The number of benzene rings is 2. The van der Waals surface area contributed by atoms with Crippen molar-refractivity contribution in [3.8, 4) is 11.1 Å². The molecule has 150 valence electrons. The smallest absolute Gasteiger partial charge is 0.194 e. The van der Waals surface area contributed by atoms with E-state index in [9.17, 15) is 13.2 Å². The Labute approximate surface area is 166 Å². The van der Waals surface area contributed by atoms with E-state index in [4.69, 9.17) is 0 Å². The maximum absolute atomic E-state index is 13.5. The number of rotatable bonds is 4. The molecule has 0 radical (unpaired) electrons. The van der Waals surface area contributed by atoms with E-state index in [-0.39, 0.29) is 0 Å². The van der Waals surface area contributed by atoms with Gasteiger partial charge in [-0.15, -0.1) is 0 Å². The van der Waals surface area contributed by atoms with Crippen LogP contribution >= 0.6 is 0 Å². The van der Waals surface area contributed by atoms with Crippen molar-refractivity contribution in [2.45, 2.75) is 64.2 Å². The second-order valence-corrected chi connectivity index (χ2v) is 8.87. The molecule has 0 N–H and O–H groups in total. The van der Waals surface area contributed by atoms with Crippen LogP contribution in [0.1, 0.15) is 69.8 Å². The first-order valence-corrected chi connectivity index (χ1v) is 10.8. The highest BCUT2D eigenvalue weighted by atomic mass is 19.2. The lowest BCUT2D eigenvalue weighted by Gasteiger charge is -2.42. The van der Waals surface area contributed by atoms with E-state index < -0.39 is 17.5 Å². The summed E-state index contributed by atoms with van der Waals surface area (Å²) in [6, 6.07) is 10.1. The summed E-state index contributed by atoms with van der Waals surface area (Å²) in [4.78, 5) is 0. The van der Waals surface area contributed by atoms with Crippen molar-refractivity contribution < 1.29 is 13.2 Å². The van der Waals surface area contributed by atoms with Gasteiger partial charge >= 0.3 is 0 Å². The lowest BCUT2D eigenvalue weighted by atomic mass is 9.63. The molecule has 4 rings (SSSR count). The van der Waals surface area contributed by atoms with Gasteiger partial charge in [0.1, 0.15) is 0 Å². The minimum absolute atomic E-state index is 0.376. The van der Waals surface area contributed by atoms with Crippen molar-refractivity contribution in [3.05, 3.63) is 59.4 Å². The maximum atomic E-state index is 13.5. The Morgan fingerprint density at radius 3 is 2.11 bits per heavy atom. The van der Waals surface area contributed by atoms with Crippen LogP contribution in [0, 0.1) is 35.2 Å². The van der Waals surface area contributed by atoms with Crippen LogP contribution in [-0.4, -0.2) is 0 Å². The number of hydrogen-bond acceptors (Lipinski definition) is 0. The maximum Gasteiger partial charge on any atom is 0.194 e. The van der Waals surface area contributed by atoms with E-state index >= 15 is 0 Å². The number of fused-ring (bicyclic) bond motifs is 1. The molecule has 2 aliphatic rings. The quantitative estimate of drug-likeness (QED) is 0.469. The van der Waals surface area contributed by atoms with Crippen molar-refractivity contribution in [3.63, 3.8) is 0 Å². The fourth-order valence-electron chi connectivity index (χ4n) is 5.63. The zero-order chi connectivity index (χ0) is 19.7. The van der Waals surface area contributed by atoms with Gasteiger partial charge in [-0.25, -0.2) is 13.2 Å². The van der Waals surface area contributed by atoms with Crippen molar-refractivity contribution >= 4 is 0 Å². The van der Waals surface area contributed by atoms with Crippen LogP contribution in [0.2, 0.25) is 0 Å². The summed E-state index contributed by atoms with van der Waals surface area (Å²) in [6.07, 6.45) is 10.7. The summed E-state index contributed by atoms with van der Waals surface area (Å²) in [5, 5.41) is 0. The molecule has 0 aromatic heterocycles. The van der Waals surface area contributed by atoms with Crippen molar-refractivity contribution in [1.82, 2.24) is 0 Å². The van der Waals surface area contributed by atoms with Crippen LogP contribution in [0.25, 0.3) is 11.1 Å². The Hall–Kier alpha value is -1.77. The van der Waals surface area contributed by atoms with Crippen LogP contribution in [0.3, 0.4) is 0 Å². The van der Waals surface area contributed by atoms with Gasteiger partial charge in [0, 0.05) is 0 Å². The molecule has 2 saturated carbocycles. The average Bonchev–Trinajstić information content (AvgIpc) is 2.71. The zero-order valence-corrected chi connectivity index (χ0v) is 16.6. The fourth-order valence-corrected chi connectivity index (χ4v) is 5.63. The summed E-state index contributed by atoms with van der Waals surface area (Å²) in [5.74, 6) is -0.408. The second kappa shape index (κ2) is 8.31. The highest BCUT2D eigenvalue weighted by Gasteiger charge is 2.35. The van der Waals surface area contributed by atoms with Gasteiger partial charge in [0.15, 0.2) is 17.5 Å². The van der Waals surface area contributed by atoms with Crippen LogP contribution in [0.4, 0.5) is 13.2 Å². The Morgan fingerprint density at radius 1 is 0.786 bits per heavy atom. The van der Waals surface area contributed by atoms with Gasteiger partial charge in [0.25, 0.3) is 0 Å². The highest BCUT2D eigenvalue weighted by molar-refractivity contribution is 5.64. The highest BCUT2D eigenvalue weighted by Crippen LogP contribution is 2.48. The molecule has 2 aromatic carbocycles. The third-order valence-electron chi connectivity index (χ3n) is 7.12. The summed E-state index contributed by atoms with van der Waals surface area (Å²) in [5.41, 5.74) is 2.41. The molecular formula is C25H29F3. The first-order valence-electron chi connectivity index (χ1n) is 10.8. The Kier molecular flexibility index (Phi) is 5.80. The molecule has 0 saturated heterocycles. The van der Waals surface area contributed by atoms with Gasteiger partial charge in [0.05, 0.1) is 0 Å². The molecule has 2 aromatic rings. The fraction of sp³-hybridized carbons (Fsp3) is 0.520. The predicted octanol–water partition coefficient (Wildman–Crippen LogP) is 7.87. The summed E-state index contributed by atoms with van der Waals surface area (Å²) in [6.45, 7) is 2.29. The largest absolute Gasteiger partial charge is 0.204 e. The van der Waals surface area contributed by atoms with Crippen LogP contribution in [0.5, 0.6) is 0 Å². The number of hydrogen-bond donors (Lipinski definition) is 0. The van der Waals surface area contributed by atoms with Gasteiger partial charge in [-0.05, 0) is 84.6 Å². The predicted molar refractivity (Wildman–Crippen MR) is 108 cm³/mol. The van der Waals surface area contributed by atoms with Crippen molar-refractivity contribution in [2.75, 3.05) is 0 Å². The summed E-state index contributed by atoms with van der Waals surface area (Å²) < 4.78 is 40.2. The molecule has 3 heteroatoms. The normalized spacial score (nSPS) is 27.4. The van der Waals surface area contributed by atoms with Crippen LogP contribution in [0.15, 0.2) is 36.4 Å². The van der Waals surface area contributed by atoms with Gasteiger partial charge in [-0.2, -0.15) is 0 Å². The number of halogens is 3. The van der Waals surface area contributed by atoms with E-state index in [2.05, 4.69) is 19.1 Å². The van der Waals surface area contributed by atoms with Gasteiger partial charge < -0.3 is 0 Å². The second-order valence-electron chi connectivity index (χ2n) is 8.87. The Bertz CT molecular complexity index is 788. The first kappa shape index (κ1) is 19.5. The monoisotopic (exact) mass is 386 g/mol. The van der Waals surface area contributed by atoms with E-state index in [1.807, 2.05) is 12.1 Å². The summed E-state index contributed by atoms with van der Waals surface area (Å²) in [7, 11) is 0. The molecule has 0 bridgehead atoms. The lowest BCUT2D eigenvalue weighted by molar-refractivity contribution is 0.114. The van der Waals surface area contributed by atoms with Crippen molar-refractivity contribution in [2.24, 2.45) is 17.8 Å². The van der Waals surface area contributed by atoms with Gasteiger partial charge in [0.2, 0.25) is 0 Å². The van der Waals surface area contributed by atoms with E-state index in [0.717, 1.165) is 35.4 Å². The molecule has 0 unspecified atom stereocenters. The minimum Gasteiger partial charge on any atom is -0.204 e. The molecule has 2 aliphatic carbocycles. The average molecular weight is 387 g/mol. The zero-order valence-electron chi connectivity index (χ0n) is 16.6. The minimum atomic E-state index is -1.41. The van der Waals surface area contributed by atoms with Gasteiger partial charge in [-0.1, -0.05) is 50.5 Å². The molecule has 0 amide bonds. The first-order chi connectivity index (χ1) is 13.5.